The van der Waals surface area contributed by atoms with Gasteiger partial charge in [0.2, 0.25) is 0 Å². The molecular formula is C15H16ClN3O4. The second kappa shape index (κ2) is 5.24. The summed E-state index contributed by atoms with van der Waals surface area (Å²) >= 11 is 6.10. The zero-order valence-electron chi connectivity index (χ0n) is 12.7. The van der Waals surface area contributed by atoms with Crippen molar-refractivity contribution < 1.29 is 19.0 Å². The Labute approximate surface area is 137 Å². The fourth-order valence-electron chi connectivity index (χ4n) is 3.31. The van der Waals surface area contributed by atoms with Gasteiger partial charge >= 0.3 is 0 Å². The number of aldehydes is 1. The highest BCUT2D eigenvalue weighted by atomic mass is 35.5. The van der Waals surface area contributed by atoms with Crippen LogP contribution in [0.5, 0.6) is 0 Å². The van der Waals surface area contributed by atoms with Crippen molar-refractivity contribution >= 4 is 28.9 Å². The third kappa shape index (κ3) is 2.35. The Balaban J connectivity index is 1.75. The van der Waals surface area contributed by atoms with Crippen molar-refractivity contribution in [1.29, 1.82) is 0 Å². The quantitative estimate of drug-likeness (QED) is 0.630. The first kappa shape index (κ1) is 15.0. The molecule has 8 heteroatoms. The first-order valence-electron chi connectivity index (χ1n) is 7.42. The molecular weight excluding hydrogens is 322 g/mol. The molecule has 0 aromatic carbocycles. The van der Waals surface area contributed by atoms with Gasteiger partial charge < -0.3 is 23.6 Å². The smallest absolute Gasteiger partial charge is 0.164 e. The minimum atomic E-state index is -0.714. The molecule has 0 saturated carbocycles. The normalized spacial score (nSPS) is 32.3. The molecule has 0 unspecified atom stereocenters. The minimum absolute atomic E-state index is 0.256. The Morgan fingerprint density at radius 2 is 2.13 bits per heavy atom. The van der Waals surface area contributed by atoms with Crippen LogP contribution in [0.3, 0.4) is 0 Å². The molecule has 0 aliphatic carbocycles. The first-order valence-corrected chi connectivity index (χ1v) is 7.80. The summed E-state index contributed by atoms with van der Waals surface area (Å²) in [4.78, 5) is 19.2. The third-order valence-corrected chi connectivity index (χ3v) is 4.49. The molecule has 7 nitrogen and oxygen atoms in total. The van der Waals surface area contributed by atoms with Crippen molar-refractivity contribution in [2.75, 3.05) is 0 Å². The molecule has 2 saturated heterocycles. The lowest BCUT2D eigenvalue weighted by Gasteiger charge is -2.24. The van der Waals surface area contributed by atoms with Crippen molar-refractivity contribution in [3.8, 4) is 0 Å². The summed E-state index contributed by atoms with van der Waals surface area (Å²) in [5.74, 6) is -0.714. The van der Waals surface area contributed by atoms with E-state index in [0.717, 1.165) is 11.7 Å². The van der Waals surface area contributed by atoms with Gasteiger partial charge in [0.1, 0.15) is 35.6 Å². The highest BCUT2D eigenvalue weighted by Crippen LogP contribution is 2.44. The zero-order valence-corrected chi connectivity index (χ0v) is 13.4. The maximum atomic E-state index is 10.9. The van der Waals surface area contributed by atoms with Crippen molar-refractivity contribution in [3.63, 3.8) is 0 Å². The van der Waals surface area contributed by atoms with E-state index in [-0.39, 0.29) is 24.7 Å². The van der Waals surface area contributed by atoms with Crippen LogP contribution in [0.4, 0.5) is 0 Å². The van der Waals surface area contributed by atoms with Crippen LogP contribution in [0.15, 0.2) is 18.6 Å². The first-order chi connectivity index (χ1) is 11.0. The lowest BCUT2D eigenvalue weighted by molar-refractivity contribution is -0.196. The van der Waals surface area contributed by atoms with Crippen LogP contribution in [0, 0.1) is 0 Å². The van der Waals surface area contributed by atoms with Crippen LogP contribution in [-0.2, 0) is 19.0 Å². The topological polar surface area (TPSA) is 75.5 Å². The number of carbonyl (C=O) groups excluding carboxylic acids is 1. The van der Waals surface area contributed by atoms with E-state index in [1.165, 1.54) is 6.33 Å². The largest absolute Gasteiger partial charge is 0.349 e. The van der Waals surface area contributed by atoms with Crippen LogP contribution in [0.25, 0.3) is 11.0 Å². The second-order valence-corrected chi connectivity index (χ2v) is 6.52. The number of aromatic nitrogens is 3. The predicted octanol–water partition coefficient (Wildman–Crippen LogP) is 2.09. The molecule has 2 aliphatic rings. The van der Waals surface area contributed by atoms with E-state index < -0.39 is 12.0 Å². The number of rotatable bonds is 3. The molecule has 2 aromatic heterocycles. The monoisotopic (exact) mass is 337 g/mol. The summed E-state index contributed by atoms with van der Waals surface area (Å²) in [5.41, 5.74) is 0.661. The Kier molecular flexibility index (Phi) is 3.42. The van der Waals surface area contributed by atoms with Crippen LogP contribution in [0.1, 0.15) is 26.5 Å². The summed E-state index contributed by atoms with van der Waals surface area (Å²) in [7, 11) is 0. The Bertz CT molecular complexity index is 762. The molecule has 2 aliphatic heterocycles. The summed E-state index contributed by atoms with van der Waals surface area (Å²) in [6.07, 6.45) is 2.94. The molecule has 0 radical (unpaired) electrons. The highest BCUT2D eigenvalue weighted by Gasteiger charge is 2.55. The van der Waals surface area contributed by atoms with Gasteiger partial charge in [-0.3, -0.25) is 0 Å². The van der Waals surface area contributed by atoms with Crippen LogP contribution in [-0.4, -0.2) is 44.9 Å². The van der Waals surface area contributed by atoms with Gasteiger partial charge in [0.05, 0.1) is 11.5 Å². The Morgan fingerprint density at radius 3 is 2.91 bits per heavy atom. The van der Waals surface area contributed by atoms with Crippen molar-refractivity contribution in [1.82, 2.24) is 14.5 Å². The van der Waals surface area contributed by atoms with Gasteiger partial charge in [0.15, 0.2) is 12.0 Å². The zero-order chi connectivity index (χ0) is 16.2. The molecule has 0 amide bonds. The number of nitrogens with zero attached hydrogens (tertiary/aromatic N) is 3. The maximum Gasteiger partial charge on any atom is 0.164 e. The number of hydrogen-bond acceptors (Lipinski definition) is 6. The fraction of sp³-hybridized carbons (Fsp3) is 0.533. The molecule has 4 rings (SSSR count). The average molecular weight is 338 g/mol. The van der Waals surface area contributed by atoms with Gasteiger partial charge in [-0.1, -0.05) is 11.6 Å². The van der Waals surface area contributed by atoms with E-state index in [2.05, 4.69) is 9.97 Å². The molecule has 0 N–H and O–H groups in total. The summed E-state index contributed by atoms with van der Waals surface area (Å²) in [5, 5.41) is 1.13. The number of carbonyl (C=O) groups is 1. The number of halogens is 1. The number of fused-ring (bicyclic) bond motifs is 2. The molecule has 2 fully saturated rings. The molecule has 122 valence electrons. The van der Waals surface area contributed by atoms with E-state index >= 15 is 0 Å². The van der Waals surface area contributed by atoms with E-state index in [0.29, 0.717) is 10.8 Å². The molecule has 0 spiro atoms. The second-order valence-electron chi connectivity index (χ2n) is 6.16. The van der Waals surface area contributed by atoms with Gasteiger partial charge in [-0.05, 0) is 19.9 Å². The highest BCUT2D eigenvalue weighted by molar-refractivity contribution is 6.33. The summed E-state index contributed by atoms with van der Waals surface area (Å²) in [6, 6.07) is 1.84. The number of hydrogen-bond donors (Lipinski definition) is 0. The molecule has 23 heavy (non-hydrogen) atoms. The maximum absolute atomic E-state index is 10.9. The Morgan fingerprint density at radius 1 is 1.35 bits per heavy atom. The Hall–Kier alpha value is -1.54. The number of ether oxygens (including phenoxy) is 3. The van der Waals surface area contributed by atoms with Crippen molar-refractivity contribution in [2.45, 2.75) is 50.6 Å². The molecule has 0 bridgehead atoms. The summed E-state index contributed by atoms with van der Waals surface area (Å²) in [6.45, 7) is 3.71. The molecule has 2 aromatic rings. The fourth-order valence-corrected chi connectivity index (χ4v) is 3.50. The van der Waals surface area contributed by atoms with Gasteiger partial charge in [-0.25, -0.2) is 9.97 Å². The van der Waals surface area contributed by atoms with Crippen molar-refractivity contribution in [2.24, 2.45) is 0 Å². The minimum Gasteiger partial charge on any atom is -0.349 e. The molecule has 4 heterocycles. The van der Waals surface area contributed by atoms with Gasteiger partial charge in [0.25, 0.3) is 0 Å². The lowest BCUT2D eigenvalue weighted by Crippen LogP contribution is -2.29. The lowest BCUT2D eigenvalue weighted by atomic mass is 10.1. The predicted molar refractivity (Wildman–Crippen MR) is 81.0 cm³/mol. The molecule has 4 atom stereocenters. The van der Waals surface area contributed by atoms with Gasteiger partial charge in [-0.15, -0.1) is 0 Å². The average Bonchev–Trinajstić information content (AvgIpc) is 3.13. The van der Waals surface area contributed by atoms with Crippen LogP contribution < -0.4 is 0 Å². The van der Waals surface area contributed by atoms with E-state index in [4.69, 9.17) is 25.8 Å². The van der Waals surface area contributed by atoms with Crippen molar-refractivity contribution in [3.05, 3.63) is 23.7 Å². The summed E-state index contributed by atoms with van der Waals surface area (Å²) < 4.78 is 19.8. The van der Waals surface area contributed by atoms with Crippen LogP contribution in [0.2, 0.25) is 5.15 Å². The van der Waals surface area contributed by atoms with Gasteiger partial charge in [-0.2, -0.15) is 0 Å². The van der Waals surface area contributed by atoms with E-state index in [1.807, 2.05) is 30.7 Å². The van der Waals surface area contributed by atoms with Crippen LogP contribution >= 0.6 is 11.6 Å². The standard InChI is InChI=1S/C15H16ClN3O4/c1-15(2)22-10-9(4-6-20)21-14(11(10)23-15)19-5-3-8-12(16)17-7-18-13(8)19/h3,5-7,9-11,14H,4H2,1-2H3/t9-,10-,11-,14-/m1/s1. The third-order valence-electron chi connectivity index (χ3n) is 4.19. The van der Waals surface area contributed by atoms with E-state index in [1.54, 1.807) is 0 Å². The SMILES string of the molecule is CC1(C)O[C@@H]2[C@H](O1)[C@@H](CC=O)O[C@H]2n1ccc2c(Cl)ncnc21. The van der Waals surface area contributed by atoms with Gasteiger partial charge in [0, 0.05) is 12.6 Å². The van der Waals surface area contributed by atoms with E-state index in [9.17, 15) is 4.79 Å².